The summed E-state index contributed by atoms with van der Waals surface area (Å²) in [5, 5.41) is 8.68. The number of hydrogen-bond acceptors (Lipinski definition) is 3. The van der Waals surface area contributed by atoms with Crippen LogP contribution in [0, 0.1) is 17.2 Å². The van der Waals surface area contributed by atoms with E-state index in [1.807, 2.05) is 6.92 Å². The van der Waals surface area contributed by atoms with Crippen molar-refractivity contribution in [2.75, 3.05) is 13.1 Å². The summed E-state index contributed by atoms with van der Waals surface area (Å²) in [5.41, 5.74) is 0. The molecule has 0 bridgehead atoms. The number of carbonyl (C=O) groups is 1. The molecule has 0 aliphatic rings. The molecule has 1 rings (SSSR count). The zero-order chi connectivity index (χ0) is 11.3. The zero-order valence-electron chi connectivity index (χ0n) is 8.93. The van der Waals surface area contributed by atoms with Crippen molar-refractivity contribution in [2.45, 2.75) is 13.8 Å². The molecule has 1 heterocycles. The van der Waals surface area contributed by atoms with E-state index < -0.39 is 0 Å². The molecule has 0 N–H and O–H groups in total. The minimum atomic E-state index is -0.163. The lowest BCUT2D eigenvalue weighted by atomic mass is 10.2. The summed E-state index contributed by atoms with van der Waals surface area (Å²) in [6.07, 6.45) is 1.47. The van der Waals surface area contributed by atoms with Crippen molar-refractivity contribution in [1.82, 2.24) is 4.90 Å². The molecule has 0 fully saturated rings. The Morgan fingerprint density at radius 3 is 2.93 bits per heavy atom. The second kappa shape index (κ2) is 5.20. The van der Waals surface area contributed by atoms with Crippen LogP contribution in [0.4, 0.5) is 0 Å². The van der Waals surface area contributed by atoms with E-state index in [2.05, 4.69) is 6.07 Å². The monoisotopic (exact) mass is 206 g/mol. The molecule has 1 aromatic heterocycles. The van der Waals surface area contributed by atoms with Gasteiger partial charge >= 0.3 is 0 Å². The molecule has 0 saturated carbocycles. The van der Waals surface area contributed by atoms with E-state index in [1.54, 1.807) is 24.0 Å². The fourth-order valence-corrected chi connectivity index (χ4v) is 1.28. The first-order valence-corrected chi connectivity index (χ1v) is 4.91. The lowest BCUT2D eigenvalue weighted by molar-refractivity contribution is 0.0720. The summed E-state index contributed by atoms with van der Waals surface area (Å²) >= 11 is 0. The van der Waals surface area contributed by atoms with Crippen LogP contribution in [0.2, 0.25) is 0 Å². The Morgan fingerprint density at radius 1 is 1.73 bits per heavy atom. The molecule has 0 saturated heterocycles. The fraction of sp³-hybridized carbons (Fsp3) is 0.455. The van der Waals surface area contributed by atoms with Crippen molar-refractivity contribution in [3.05, 3.63) is 24.2 Å². The third-order valence-corrected chi connectivity index (χ3v) is 2.12. The highest BCUT2D eigenvalue weighted by molar-refractivity contribution is 5.91. The Morgan fingerprint density at radius 2 is 2.47 bits per heavy atom. The van der Waals surface area contributed by atoms with Crippen molar-refractivity contribution in [1.29, 1.82) is 5.26 Å². The summed E-state index contributed by atoms with van der Waals surface area (Å²) in [5.74, 6) is -0.00421. The molecule has 0 spiro atoms. The highest BCUT2D eigenvalue weighted by Gasteiger charge is 2.18. The van der Waals surface area contributed by atoms with Crippen molar-refractivity contribution >= 4 is 5.91 Å². The van der Waals surface area contributed by atoms with Crippen LogP contribution in [0.5, 0.6) is 0 Å². The van der Waals surface area contributed by atoms with E-state index >= 15 is 0 Å². The third kappa shape index (κ3) is 2.84. The fourth-order valence-electron chi connectivity index (χ4n) is 1.28. The standard InChI is InChI=1S/C11H14N2O2/c1-3-13(8-9(2)7-12)11(14)10-5-4-6-15-10/h4-6,9H,3,8H2,1-2H3. The maximum Gasteiger partial charge on any atom is 0.289 e. The summed E-state index contributed by atoms with van der Waals surface area (Å²) < 4.78 is 5.02. The number of rotatable bonds is 4. The molecule has 15 heavy (non-hydrogen) atoms. The van der Waals surface area contributed by atoms with Gasteiger partial charge in [0.1, 0.15) is 0 Å². The normalized spacial score (nSPS) is 11.8. The van der Waals surface area contributed by atoms with E-state index in [0.29, 0.717) is 18.8 Å². The molecule has 1 amide bonds. The Balaban J connectivity index is 2.68. The van der Waals surface area contributed by atoms with Gasteiger partial charge in [-0.1, -0.05) is 0 Å². The molecule has 0 aromatic carbocycles. The zero-order valence-corrected chi connectivity index (χ0v) is 8.93. The van der Waals surface area contributed by atoms with Crippen LogP contribution in [0.25, 0.3) is 0 Å². The number of nitriles is 1. The van der Waals surface area contributed by atoms with Gasteiger partial charge in [-0.2, -0.15) is 5.26 Å². The van der Waals surface area contributed by atoms with E-state index in [0.717, 1.165) is 0 Å². The summed E-state index contributed by atoms with van der Waals surface area (Å²) in [6.45, 7) is 4.68. The van der Waals surface area contributed by atoms with E-state index in [-0.39, 0.29) is 11.8 Å². The molecule has 4 heteroatoms. The average molecular weight is 206 g/mol. The minimum Gasteiger partial charge on any atom is -0.459 e. The van der Waals surface area contributed by atoms with Crippen LogP contribution in [-0.4, -0.2) is 23.9 Å². The number of amides is 1. The highest BCUT2D eigenvalue weighted by atomic mass is 16.3. The summed E-state index contributed by atoms with van der Waals surface area (Å²) in [6, 6.07) is 5.41. The lowest BCUT2D eigenvalue weighted by Gasteiger charge is -2.20. The second-order valence-corrected chi connectivity index (χ2v) is 3.35. The SMILES string of the molecule is CCN(CC(C)C#N)C(=O)c1ccco1. The van der Waals surface area contributed by atoms with Crippen LogP contribution >= 0.6 is 0 Å². The Hall–Kier alpha value is -1.76. The first kappa shape index (κ1) is 11.3. The molecule has 0 radical (unpaired) electrons. The number of hydrogen-bond donors (Lipinski definition) is 0. The van der Waals surface area contributed by atoms with Gasteiger partial charge in [0.25, 0.3) is 5.91 Å². The van der Waals surface area contributed by atoms with Gasteiger partial charge in [-0.15, -0.1) is 0 Å². The predicted octanol–water partition coefficient (Wildman–Crippen LogP) is 1.90. The van der Waals surface area contributed by atoms with Gasteiger partial charge in [0, 0.05) is 13.1 Å². The summed E-state index contributed by atoms with van der Waals surface area (Å²) in [4.78, 5) is 13.4. The van der Waals surface area contributed by atoms with Crippen LogP contribution in [0.3, 0.4) is 0 Å². The highest BCUT2D eigenvalue weighted by Crippen LogP contribution is 2.07. The third-order valence-electron chi connectivity index (χ3n) is 2.12. The Bertz CT molecular complexity index is 351. The van der Waals surface area contributed by atoms with Gasteiger partial charge in [-0.25, -0.2) is 0 Å². The molecular formula is C11H14N2O2. The van der Waals surface area contributed by atoms with Crippen molar-refractivity contribution in [3.8, 4) is 6.07 Å². The Kier molecular flexibility index (Phi) is 3.92. The largest absolute Gasteiger partial charge is 0.459 e. The predicted molar refractivity (Wildman–Crippen MR) is 55.1 cm³/mol. The van der Waals surface area contributed by atoms with Crippen molar-refractivity contribution < 1.29 is 9.21 Å². The first-order valence-electron chi connectivity index (χ1n) is 4.91. The maximum atomic E-state index is 11.8. The van der Waals surface area contributed by atoms with Crippen LogP contribution < -0.4 is 0 Å². The van der Waals surface area contributed by atoms with Crippen molar-refractivity contribution in [2.24, 2.45) is 5.92 Å². The lowest BCUT2D eigenvalue weighted by Crippen LogP contribution is -2.34. The molecule has 80 valence electrons. The number of nitrogens with zero attached hydrogens (tertiary/aromatic N) is 2. The van der Waals surface area contributed by atoms with Gasteiger partial charge in [0.05, 0.1) is 18.3 Å². The molecule has 1 aromatic rings. The number of furan rings is 1. The number of carbonyl (C=O) groups excluding carboxylic acids is 1. The topological polar surface area (TPSA) is 57.2 Å². The van der Waals surface area contributed by atoms with Crippen molar-refractivity contribution in [3.63, 3.8) is 0 Å². The molecule has 0 aliphatic heterocycles. The van der Waals surface area contributed by atoms with Gasteiger partial charge in [0.2, 0.25) is 0 Å². The van der Waals surface area contributed by atoms with Gasteiger partial charge in [0.15, 0.2) is 5.76 Å². The molecule has 0 aliphatic carbocycles. The van der Waals surface area contributed by atoms with Gasteiger partial charge in [-0.3, -0.25) is 4.79 Å². The van der Waals surface area contributed by atoms with E-state index in [4.69, 9.17) is 9.68 Å². The van der Waals surface area contributed by atoms with E-state index in [1.165, 1.54) is 6.26 Å². The average Bonchev–Trinajstić information content (AvgIpc) is 2.77. The molecule has 1 unspecified atom stereocenters. The smallest absolute Gasteiger partial charge is 0.289 e. The van der Waals surface area contributed by atoms with Gasteiger partial charge < -0.3 is 9.32 Å². The summed E-state index contributed by atoms with van der Waals surface area (Å²) in [7, 11) is 0. The van der Waals surface area contributed by atoms with Crippen LogP contribution in [0.15, 0.2) is 22.8 Å². The maximum absolute atomic E-state index is 11.8. The molecule has 4 nitrogen and oxygen atoms in total. The second-order valence-electron chi connectivity index (χ2n) is 3.35. The van der Waals surface area contributed by atoms with Crippen LogP contribution in [-0.2, 0) is 0 Å². The molecular weight excluding hydrogens is 192 g/mol. The quantitative estimate of drug-likeness (QED) is 0.756. The minimum absolute atomic E-state index is 0.162. The molecule has 1 atom stereocenters. The first-order chi connectivity index (χ1) is 7.19. The van der Waals surface area contributed by atoms with Gasteiger partial charge in [-0.05, 0) is 26.0 Å². The van der Waals surface area contributed by atoms with E-state index in [9.17, 15) is 4.79 Å². The van der Waals surface area contributed by atoms with Crippen LogP contribution in [0.1, 0.15) is 24.4 Å². The Labute approximate surface area is 89.1 Å².